The molecule has 5 nitrogen and oxygen atoms in total. The van der Waals surface area contributed by atoms with Gasteiger partial charge in [0.25, 0.3) is 0 Å². The molecule has 0 fully saturated rings. The van der Waals surface area contributed by atoms with Crippen molar-refractivity contribution in [3.8, 4) is 5.82 Å². The zero-order valence-corrected chi connectivity index (χ0v) is 8.59. The third-order valence-electron chi connectivity index (χ3n) is 2.26. The van der Waals surface area contributed by atoms with Crippen molar-refractivity contribution in [1.29, 1.82) is 0 Å². The molecular formula is C10H13N5. The fraction of sp³-hybridized carbons (Fsp3) is 0.300. The number of rotatable bonds is 3. The summed E-state index contributed by atoms with van der Waals surface area (Å²) in [6.45, 7) is 2.50. The molecule has 0 aliphatic rings. The molecule has 0 bridgehead atoms. The lowest BCUT2D eigenvalue weighted by Gasteiger charge is -2.08. The summed E-state index contributed by atoms with van der Waals surface area (Å²) in [5, 5.41) is 7.96. The second kappa shape index (κ2) is 4.18. The molecule has 5 heteroatoms. The van der Waals surface area contributed by atoms with Gasteiger partial charge in [0.05, 0.1) is 6.20 Å². The van der Waals surface area contributed by atoms with Gasteiger partial charge in [0.2, 0.25) is 0 Å². The second-order valence-electron chi connectivity index (χ2n) is 3.15. The summed E-state index contributed by atoms with van der Waals surface area (Å²) in [5.41, 5.74) is 6.62. The van der Waals surface area contributed by atoms with E-state index in [-0.39, 0.29) is 0 Å². The molecule has 0 spiro atoms. The summed E-state index contributed by atoms with van der Waals surface area (Å²) in [5.74, 6) is 1.74. The number of hydrogen-bond acceptors (Lipinski definition) is 4. The molecule has 0 radical (unpaired) electrons. The fourth-order valence-corrected chi connectivity index (χ4v) is 1.50. The van der Waals surface area contributed by atoms with Crippen LogP contribution in [0.15, 0.2) is 24.7 Å². The second-order valence-corrected chi connectivity index (χ2v) is 3.15. The van der Waals surface area contributed by atoms with E-state index in [2.05, 4.69) is 22.1 Å². The third kappa shape index (κ3) is 1.73. The molecule has 0 saturated carbocycles. The van der Waals surface area contributed by atoms with E-state index >= 15 is 0 Å². The minimum Gasteiger partial charge on any atom is -0.326 e. The Bertz CT molecular complexity index is 449. The first-order chi connectivity index (χ1) is 7.36. The zero-order valence-electron chi connectivity index (χ0n) is 8.59. The highest BCUT2D eigenvalue weighted by molar-refractivity contribution is 5.33. The Balaban J connectivity index is 2.53. The standard InChI is InChI=1S/C10H13N5/c1-2-9-12-5-6-15(9)10-8(7-11)3-4-13-14-10/h3-6H,2,7,11H2,1H3. The number of aromatic nitrogens is 4. The molecule has 0 atom stereocenters. The maximum Gasteiger partial charge on any atom is 0.165 e. The SMILES string of the molecule is CCc1nccn1-c1nnccc1CN. The molecule has 0 amide bonds. The topological polar surface area (TPSA) is 69.6 Å². The highest BCUT2D eigenvalue weighted by Crippen LogP contribution is 2.12. The Morgan fingerprint density at radius 3 is 3.00 bits per heavy atom. The highest BCUT2D eigenvalue weighted by atomic mass is 15.2. The van der Waals surface area contributed by atoms with Crippen molar-refractivity contribution in [3.05, 3.63) is 36.0 Å². The molecule has 15 heavy (non-hydrogen) atoms. The Kier molecular flexibility index (Phi) is 2.73. The molecule has 2 aromatic heterocycles. The summed E-state index contributed by atoms with van der Waals surface area (Å²) in [4.78, 5) is 4.24. The first-order valence-corrected chi connectivity index (χ1v) is 4.90. The molecular weight excluding hydrogens is 190 g/mol. The van der Waals surface area contributed by atoms with Gasteiger partial charge in [-0.15, -0.1) is 5.10 Å². The van der Waals surface area contributed by atoms with Gasteiger partial charge in [-0.3, -0.25) is 4.57 Å². The Morgan fingerprint density at radius 2 is 2.27 bits per heavy atom. The van der Waals surface area contributed by atoms with Crippen LogP contribution in [0.5, 0.6) is 0 Å². The number of aryl methyl sites for hydroxylation is 1. The maximum atomic E-state index is 5.65. The summed E-state index contributed by atoms with van der Waals surface area (Å²) in [7, 11) is 0. The predicted octanol–water partition coefficient (Wildman–Crippen LogP) is 0.683. The van der Waals surface area contributed by atoms with Crippen molar-refractivity contribution in [2.24, 2.45) is 5.73 Å². The summed E-state index contributed by atoms with van der Waals surface area (Å²) in [6.07, 6.45) is 6.14. The normalized spacial score (nSPS) is 10.5. The molecule has 2 N–H and O–H groups in total. The van der Waals surface area contributed by atoms with E-state index in [1.54, 1.807) is 12.4 Å². The van der Waals surface area contributed by atoms with E-state index in [0.717, 1.165) is 23.6 Å². The van der Waals surface area contributed by atoms with Crippen molar-refractivity contribution in [1.82, 2.24) is 19.7 Å². The summed E-state index contributed by atoms with van der Waals surface area (Å²) in [6, 6.07) is 1.88. The largest absolute Gasteiger partial charge is 0.326 e. The number of nitrogens with zero attached hydrogens (tertiary/aromatic N) is 4. The number of nitrogens with two attached hydrogens (primary N) is 1. The number of hydrogen-bond donors (Lipinski definition) is 1. The average Bonchev–Trinajstić information content (AvgIpc) is 2.76. The van der Waals surface area contributed by atoms with Crippen LogP contribution in [0.2, 0.25) is 0 Å². The van der Waals surface area contributed by atoms with Gasteiger partial charge >= 0.3 is 0 Å². The van der Waals surface area contributed by atoms with Crippen LogP contribution < -0.4 is 5.73 Å². The van der Waals surface area contributed by atoms with Crippen LogP contribution in [0.4, 0.5) is 0 Å². The molecule has 0 saturated heterocycles. The minimum atomic E-state index is 0.451. The highest BCUT2D eigenvalue weighted by Gasteiger charge is 2.08. The van der Waals surface area contributed by atoms with Crippen molar-refractivity contribution >= 4 is 0 Å². The van der Waals surface area contributed by atoms with E-state index in [4.69, 9.17) is 5.73 Å². The van der Waals surface area contributed by atoms with Gasteiger partial charge in [0.1, 0.15) is 5.82 Å². The van der Waals surface area contributed by atoms with Gasteiger partial charge in [-0.1, -0.05) is 6.92 Å². The van der Waals surface area contributed by atoms with Crippen LogP contribution in [0, 0.1) is 0 Å². The van der Waals surface area contributed by atoms with Gasteiger partial charge in [-0.25, -0.2) is 4.98 Å². The first kappa shape index (κ1) is 9.79. The van der Waals surface area contributed by atoms with Gasteiger partial charge < -0.3 is 5.73 Å². The van der Waals surface area contributed by atoms with Crippen LogP contribution in [0.3, 0.4) is 0 Å². The van der Waals surface area contributed by atoms with E-state index in [0.29, 0.717) is 6.54 Å². The monoisotopic (exact) mass is 203 g/mol. The zero-order chi connectivity index (χ0) is 10.7. The van der Waals surface area contributed by atoms with Crippen LogP contribution in [0.1, 0.15) is 18.3 Å². The quantitative estimate of drug-likeness (QED) is 0.796. The van der Waals surface area contributed by atoms with Gasteiger partial charge in [-0.2, -0.15) is 5.10 Å². The van der Waals surface area contributed by atoms with E-state index in [1.165, 1.54) is 0 Å². The van der Waals surface area contributed by atoms with Crippen molar-refractivity contribution in [2.75, 3.05) is 0 Å². The first-order valence-electron chi connectivity index (χ1n) is 4.90. The van der Waals surface area contributed by atoms with Crippen LogP contribution >= 0.6 is 0 Å². The maximum absolute atomic E-state index is 5.65. The third-order valence-corrected chi connectivity index (χ3v) is 2.26. The van der Waals surface area contributed by atoms with Crippen molar-refractivity contribution in [3.63, 3.8) is 0 Å². The van der Waals surface area contributed by atoms with E-state index in [1.807, 2.05) is 16.8 Å². The smallest absolute Gasteiger partial charge is 0.165 e. The van der Waals surface area contributed by atoms with E-state index in [9.17, 15) is 0 Å². The van der Waals surface area contributed by atoms with Gasteiger partial charge in [-0.05, 0) is 6.07 Å². The molecule has 2 aromatic rings. The van der Waals surface area contributed by atoms with Crippen LogP contribution in [-0.4, -0.2) is 19.7 Å². The Morgan fingerprint density at radius 1 is 1.40 bits per heavy atom. The van der Waals surface area contributed by atoms with Crippen molar-refractivity contribution < 1.29 is 0 Å². The van der Waals surface area contributed by atoms with Crippen LogP contribution in [-0.2, 0) is 13.0 Å². The fourth-order valence-electron chi connectivity index (χ4n) is 1.50. The van der Waals surface area contributed by atoms with Crippen molar-refractivity contribution in [2.45, 2.75) is 19.9 Å². The molecule has 0 aromatic carbocycles. The van der Waals surface area contributed by atoms with E-state index < -0.39 is 0 Å². The van der Waals surface area contributed by atoms with Crippen LogP contribution in [0.25, 0.3) is 5.82 Å². The molecule has 78 valence electrons. The molecule has 0 aliphatic heterocycles. The minimum absolute atomic E-state index is 0.451. The molecule has 2 heterocycles. The average molecular weight is 203 g/mol. The van der Waals surface area contributed by atoms with Gasteiger partial charge in [0.15, 0.2) is 5.82 Å². The van der Waals surface area contributed by atoms with Gasteiger partial charge in [0, 0.05) is 30.9 Å². The Hall–Kier alpha value is -1.75. The molecule has 2 rings (SSSR count). The lowest BCUT2D eigenvalue weighted by atomic mass is 10.3. The lowest BCUT2D eigenvalue weighted by Crippen LogP contribution is -2.09. The molecule has 0 unspecified atom stereocenters. The Labute approximate surface area is 88.0 Å². The summed E-state index contributed by atoms with van der Waals surface area (Å²) >= 11 is 0. The molecule has 0 aliphatic carbocycles. The number of imidazole rings is 1. The predicted molar refractivity (Wildman–Crippen MR) is 56.4 cm³/mol. The lowest BCUT2D eigenvalue weighted by molar-refractivity contribution is 0.816. The summed E-state index contributed by atoms with van der Waals surface area (Å²) < 4.78 is 1.93.